The topological polar surface area (TPSA) is 64.0 Å². The van der Waals surface area contributed by atoms with Gasteiger partial charge in [-0.25, -0.2) is 4.79 Å². The summed E-state index contributed by atoms with van der Waals surface area (Å²) < 4.78 is 0. The zero-order chi connectivity index (χ0) is 9.68. The van der Waals surface area contributed by atoms with Gasteiger partial charge in [-0.2, -0.15) is 0 Å². The molecule has 0 atom stereocenters. The van der Waals surface area contributed by atoms with E-state index in [1.54, 1.807) is 9.80 Å². The average molecular weight is 188 g/mol. The maximum Gasteiger partial charge on any atom is 0.320 e. The number of carbonyl (C=O) groups excluding carboxylic acids is 1. The fourth-order valence-electron chi connectivity index (χ4n) is 1.50. The van der Waals surface area contributed by atoms with E-state index < -0.39 is 0 Å². The number of nitrogens with zero attached hydrogens (tertiary/aromatic N) is 2. The van der Waals surface area contributed by atoms with E-state index in [1.807, 2.05) is 0 Å². The summed E-state index contributed by atoms with van der Waals surface area (Å²) >= 11 is 0. The van der Waals surface area contributed by atoms with Crippen LogP contribution < -0.4 is 0 Å². The second kappa shape index (κ2) is 5.04. The fourth-order valence-corrected chi connectivity index (χ4v) is 1.50. The van der Waals surface area contributed by atoms with Crippen molar-refractivity contribution < 1.29 is 15.0 Å². The molecule has 1 fully saturated rings. The van der Waals surface area contributed by atoms with Crippen LogP contribution >= 0.6 is 0 Å². The monoisotopic (exact) mass is 188 g/mol. The molecule has 0 aliphatic carbocycles. The van der Waals surface area contributed by atoms with Crippen molar-refractivity contribution in [3.63, 3.8) is 0 Å². The number of β-amino-alcohol motifs (C(OH)–C–C–N with tert-alkyl or cyclic N) is 2. The zero-order valence-electron chi connectivity index (χ0n) is 7.65. The molecule has 0 aromatic carbocycles. The Morgan fingerprint density at radius 2 is 1.54 bits per heavy atom. The van der Waals surface area contributed by atoms with Gasteiger partial charge < -0.3 is 20.0 Å². The quantitative estimate of drug-likeness (QED) is 0.601. The van der Waals surface area contributed by atoms with Crippen molar-refractivity contribution in [1.29, 1.82) is 0 Å². The van der Waals surface area contributed by atoms with Gasteiger partial charge in [-0.3, -0.25) is 0 Å². The van der Waals surface area contributed by atoms with Crippen LogP contribution in [-0.4, -0.2) is 65.4 Å². The summed E-state index contributed by atoms with van der Waals surface area (Å²) in [7, 11) is 0. The molecule has 0 aromatic rings. The highest BCUT2D eigenvalue weighted by Crippen LogP contribution is 2.07. The number of amides is 2. The normalized spacial score (nSPS) is 18.2. The van der Waals surface area contributed by atoms with Crippen LogP contribution in [0.25, 0.3) is 0 Å². The lowest BCUT2D eigenvalue weighted by Crippen LogP contribution is -2.50. The largest absolute Gasteiger partial charge is 0.395 e. The summed E-state index contributed by atoms with van der Waals surface area (Å²) in [6.45, 7) is 2.20. The maximum atomic E-state index is 11.5. The number of aliphatic hydroxyl groups excluding tert-OH is 2. The number of hydrogen-bond acceptors (Lipinski definition) is 3. The Balaban J connectivity index is 2.45. The van der Waals surface area contributed by atoms with Gasteiger partial charge in [-0.15, -0.1) is 0 Å². The average Bonchev–Trinajstić information content (AvgIpc) is 2.13. The van der Waals surface area contributed by atoms with E-state index in [0.717, 1.165) is 6.42 Å². The van der Waals surface area contributed by atoms with Crippen molar-refractivity contribution >= 4 is 6.03 Å². The van der Waals surface area contributed by atoms with Crippen molar-refractivity contribution in [2.45, 2.75) is 6.42 Å². The Bertz CT molecular complexity index is 155. The van der Waals surface area contributed by atoms with Crippen LogP contribution in [0.2, 0.25) is 0 Å². The SMILES string of the molecule is O=C1N(CCO)CCCN1CCO. The highest BCUT2D eigenvalue weighted by Gasteiger charge is 2.23. The molecule has 0 spiro atoms. The third kappa shape index (κ3) is 2.57. The molecule has 5 heteroatoms. The summed E-state index contributed by atoms with van der Waals surface area (Å²) in [5.41, 5.74) is 0. The highest BCUT2D eigenvalue weighted by atomic mass is 16.3. The number of urea groups is 1. The molecule has 1 rings (SSSR count). The van der Waals surface area contributed by atoms with Gasteiger partial charge in [0.25, 0.3) is 0 Å². The molecule has 0 bridgehead atoms. The van der Waals surface area contributed by atoms with E-state index in [4.69, 9.17) is 10.2 Å². The van der Waals surface area contributed by atoms with Gasteiger partial charge in [-0.05, 0) is 6.42 Å². The third-order valence-electron chi connectivity index (χ3n) is 2.14. The molecule has 5 nitrogen and oxygen atoms in total. The van der Waals surface area contributed by atoms with Crippen LogP contribution in [0.4, 0.5) is 4.79 Å². The van der Waals surface area contributed by atoms with Crippen LogP contribution in [0, 0.1) is 0 Å². The van der Waals surface area contributed by atoms with Crippen molar-refractivity contribution in [1.82, 2.24) is 9.80 Å². The van der Waals surface area contributed by atoms with E-state index in [-0.39, 0.29) is 19.2 Å². The van der Waals surface area contributed by atoms with Crippen LogP contribution in [0.3, 0.4) is 0 Å². The second-order valence-electron chi connectivity index (χ2n) is 3.06. The lowest BCUT2D eigenvalue weighted by molar-refractivity contribution is 0.107. The first kappa shape index (κ1) is 10.3. The number of carbonyl (C=O) groups is 1. The van der Waals surface area contributed by atoms with E-state index in [0.29, 0.717) is 26.2 Å². The van der Waals surface area contributed by atoms with Crippen molar-refractivity contribution in [2.75, 3.05) is 39.4 Å². The fraction of sp³-hybridized carbons (Fsp3) is 0.875. The molecule has 1 saturated heterocycles. The minimum absolute atomic E-state index is 0.00128. The Labute approximate surface area is 77.6 Å². The molecular formula is C8H16N2O3. The predicted molar refractivity (Wildman–Crippen MR) is 47.3 cm³/mol. The third-order valence-corrected chi connectivity index (χ3v) is 2.14. The summed E-state index contributed by atoms with van der Waals surface area (Å²) in [5.74, 6) is 0. The predicted octanol–water partition coefficient (Wildman–Crippen LogP) is -0.901. The summed E-state index contributed by atoms with van der Waals surface area (Å²) in [5, 5.41) is 17.4. The molecular weight excluding hydrogens is 172 g/mol. The molecule has 1 heterocycles. The molecule has 1 aliphatic rings. The Kier molecular flexibility index (Phi) is 3.98. The van der Waals surface area contributed by atoms with Crippen molar-refractivity contribution in [3.8, 4) is 0 Å². The van der Waals surface area contributed by atoms with E-state index >= 15 is 0 Å². The Hall–Kier alpha value is -0.810. The van der Waals surface area contributed by atoms with Crippen LogP contribution in [0.5, 0.6) is 0 Å². The van der Waals surface area contributed by atoms with E-state index in [9.17, 15) is 4.79 Å². The van der Waals surface area contributed by atoms with Crippen LogP contribution in [-0.2, 0) is 0 Å². The van der Waals surface area contributed by atoms with Gasteiger partial charge in [-0.1, -0.05) is 0 Å². The smallest absolute Gasteiger partial charge is 0.320 e. The maximum absolute atomic E-state index is 11.5. The molecule has 0 radical (unpaired) electrons. The minimum Gasteiger partial charge on any atom is -0.395 e. The standard InChI is InChI=1S/C8H16N2O3/c11-6-4-9-2-1-3-10(5-7-12)8(9)13/h11-12H,1-7H2. The number of aliphatic hydroxyl groups is 2. The second-order valence-corrected chi connectivity index (χ2v) is 3.06. The molecule has 0 saturated carbocycles. The summed E-state index contributed by atoms with van der Waals surface area (Å²) in [6.07, 6.45) is 0.908. The molecule has 13 heavy (non-hydrogen) atoms. The van der Waals surface area contributed by atoms with Gasteiger partial charge in [0.05, 0.1) is 13.2 Å². The van der Waals surface area contributed by atoms with Gasteiger partial charge in [0.15, 0.2) is 0 Å². The lowest BCUT2D eigenvalue weighted by atomic mass is 10.3. The molecule has 0 aromatic heterocycles. The first-order chi connectivity index (χ1) is 6.29. The van der Waals surface area contributed by atoms with Gasteiger partial charge in [0.1, 0.15) is 0 Å². The molecule has 2 amide bonds. The van der Waals surface area contributed by atoms with E-state index in [2.05, 4.69) is 0 Å². The Morgan fingerprint density at radius 3 is 1.92 bits per heavy atom. The Morgan fingerprint density at radius 1 is 1.08 bits per heavy atom. The van der Waals surface area contributed by atoms with Gasteiger partial charge in [0.2, 0.25) is 0 Å². The van der Waals surface area contributed by atoms with Crippen LogP contribution in [0.1, 0.15) is 6.42 Å². The first-order valence-electron chi connectivity index (χ1n) is 4.55. The highest BCUT2D eigenvalue weighted by molar-refractivity contribution is 5.75. The lowest BCUT2D eigenvalue weighted by Gasteiger charge is -2.34. The first-order valence-corrected chi connectivity index (χ1v) is 4.55. The molecule has 0 unspecified atom stereocenters. The van der Waals surface area contributed by atoms with Gasteiger partial charge in [0, 0.05) is 26.2 Å². The molecule has 2 N–H and O–H groups in total. The van der Waals surface area contributed by atoms with Gasteiger partial charge >= 0.3 is 6.03 Å². The summed E-state index contributed by atoms with van der Waals surface area (Å²) in [6, 6.07) is -0.0747. The number of rotatable bonds is 4. The van der Waals surface area contributed by atoms with Crippen molar-refractivity contribution in [2.24, 2.45) is 0 Å². The number of hydrogen-bond donors (Lipinski definition) is 2. The molecule has 1 aliphatic heterocycles. The van der Waals surface area contributed by atoms with Crippen molar-refractivity contribution in [3.05, 3.63) is 0 Å². The minimum atomic E-state index is -0.0747. The zero-order valence-corrected chi connectivity index (χ0v) is 7.65. The summed E-state index contributed by atoms with van der Waals surface area (Å²) in [4.78, 5) is 14.8. The molecule has 76 valence electrons. The van der Waals surface area contributed by atoms with Crippen LogP contribution in [0.15, 0.2) is 0 Å². The van der Waals surface area contributed by atoms with E-state index in [1.165, 1.54) is 0 Å².